The lowest BCUT2D eigenvalue weighted by Crippen LogP contribution is -2.15. The summed E-state index contributed by atoms with van der Waals surface area (Å²) in [6.07, 6.45) is 1.90. The molecule has 6 nitrogen and oxygen atoms in total. The molecule has 6 heteroatoms. The lowest BCUT2D eigenvalue weighted by atomic mass is 10.4. The van der Waals surface area contributed by atoms with Crippen LogP contribution >= 0.6 is 0 Å². The van der Waals surface area contributed by atoms with E-state index in [9.17, 15) is 4.79 Å². The van der Waals surface area contributed by atoms with Crippen LogP contribution in [0.4, 0.5) is 0 Å². The molecule has 84 valence electrons. The number of carboxylic acid groups (broad SMARTS) is 1. The van der Waals surface area contributed by atoms with Gasteiger partial charge in [-0.3, -0.25) is 0 Å². The Balaban J connectivity index is 2.29. The highest BCUT2D eigenvalue weighted by Crippen LogP contribution is 2.09. The van der Waals surface area contributed by atoms with E-state index in [1.807, 2.05) is 19.0 Å². The van der Waals surface area contributed by atoms with Crippen molar-refractivity contribution in [3.05, 3.63) is 12.0 Å². The summed E-state index contributed by atoms with van der Waals surface area (Å²) in [7, 11) is 3.93. The Morgan fingerprint density at radius 2 is 2.40 bits per heavy atom. The fourth-order valence-electron chi connectivity index (χ4n) is 0.962. The summed E-state index contributed by atoms with van der Waals surface area (Å²) in [5.41, 5.74) is -0.141. The molecule has 0 fully saturated rings. The Bertz CT molecular complexity index is 322. The van der Waals surface area contributed by atoms with E-state index in [1.54, 1.807) is 0 Å². The minimum Gasteiger partial charge on any atom is -0.476 e. The van der Waals surface area contributed by atoms with E-state index in [1.165, 1.54) is 0 Å². The largest absolute Gasteiger partial charge is 0.476 e. The first-order chi connectivity index (χ1) is 7.09. The van der Waals surface area contributed by atoms with E-state index in [2.05, 4.69) is 4.98 Å². The van der Waals surface area contributed by atoms with Gasteiger partial charge in [0.05, 0.1) is 6.61 Å². The van der Waals surface area contributed by atoms with Gasteiger partial charge in [-0.25, -0.2) is 4.79 Å². The number of aromatic carboxylic acids is 1. The lowest BCUT2D eigenvalue weighted by molar-refractivity contribution is 0.0690. The average molecular weight is 214 g/mol. The predicted octanol–water partition coefficient (Wildman–Crippen LogP) is 0.703. The molecule has 1 heterocycles. The van der Waals surface area contributed by atoms with Crippen molar-refractivity contribution in [2.45, 2.75) is 6.42 Å². The zero-order valence-electron chi connectivity index (χ0n) is 8.77. The van der Waals surface area contributed by atoms with Crippen LogP contribution in [-0.4, -0.2) is 48.2 Å². The van der Waals surface area contributed by atoms with Crippen LogP contribution in [0.1, 0.15) is 16.9 Å². The van der Waals surface area contributed by atoms with Gasteiger partial charge in [0.1, 0.15) is 6.26 Å². The molecule has 0 bridgehead atoms. The fraction of sp³-hybridized carbons (Fsp3) is 0.556. The Morgan fingerprint density at radius 3 is 2.93 bits per heavy atom. The molecule has 0 atom stereocenters. The van der Waals surface area contributed by atoms with Crippen molar-refractivity contribution >= 4 is 5.97 Å². The van der Waals surface area contributed by atoms with Gasteiger partial charge in [-0.05, 0) is 20.5 Å². The number of carbonyl (C=O) groups is 1. The minimum absolute atomic E-state index is 0.00570. The van der Waals surface area contributed by atoms with Crippen LogP contribution in [0.2, 0.25) is 0 Å². The second-order valence-electron chi connectivity index (χ2n) is 3.31. The van der Waals surface area contributed by atoms with Crippen molar-refractivity contribution in [1.82, 2.24) is 9.88 Å². The smallest absolute Gasteiger partial charge is 0.394 e. The highest BCUT2D eigenvalue weighted by atomic mass is 16.6. The van der Waals surface area contributed by atoms with Crippen LogP contribution in [0.3, 0.4) is 0 Å². The highest BCUT2D eigenvalue weighted by Gasteiger charge is 2.10. The summed E-state index contributed by atoms with van der Waals surface area (Å²) in [4.78, 5) is 16.1. The van der Waals surface area contributed by atoms with Crippen molar-refractivity contribution in [1.29, 1.82) is 0 Å². The summed E-state index contributed by atoms with van der Waals surface area (Å²) >= 11 is 0. The second kappa shape index (κ2) is 5.35. The zero-order chi connectivity index (χ0) is 11.3. The van der Waals surface area contributed by atoms with Crippen molar-refractivity contribution in [3.8, 4) is 6.08 Å². The van der Waals surface area contributed by atoms with Crippen molar-refractivity contribution in [2.24, 2.45) is 0 Å². The molecule has 0 unspecified atom stereocenters. The molecule has 0 aliphatic carbocycles. The van der Waals surface area contributed by atoms with Crippen molar-refractivity contribution in [3.63, 3.8) is 0 Å². The average Bonchev–Trinajstić information content (AvgIpc) is 2.60. The Kier molecular flexibility index (Phi) is 4.11. The van der Waals surface area contributed by atoms with Crippen molar-refractivity contribution in [2.75, 3.05) is 27.2 Å². The molecule has 0 aliphatic rings. The van der Waals surface area contributed by atoms with Gasteiger partial charge in [0.15, 0.2) is 5.69 Å². The number of hydrogen-bond donors (Lipinski definition) is 1. The molecule has 15 heavy (non-hydrogen) atoms. The first kappa shape index (κ1) is 11.5. The van der Waals surface area contributed by atoms with Crippen LogP contribution in [0.25, 0.3) is 0 Å². The van der Waals surface area contributed by atoms with E-state index in [4.69, 9.17) is 14.3 Å². The summed E-state index contributed by atoms with van der Waals surface area (Å²) in [6, 6.07) is 0. The van der Waals surface area contributed by atoms with Gasteiger partial charge >= 0.3 is 12.0 Å². The Hall–Kier alpha value is -1.56. The molecule has 1 aromatic heterocycles. The third-order valence-corrected chi connectivity index (χ3v) is 1.68. The Morgan fingerprint density at radius 1 is 1.67 bits per heavy atom. The van der Waals surface area contributed by atoms with Gasteiger partial charge in [0.2, 0.25) is 0 Å². The molecule has 1 rings (SSSR count). The molecule has 0 aromatic carbocycles. The van der Waals surface area contributed by atoms with Gasteiger partial charge in [-0.15, -0.1) is 0 Å². The summed E-state index contributed by atoms with van der Waals surface area (Å²) in [5, 5.41) is 8.56. The topological polar surface area (TPSA) is 75.8 Å². The van der Waals surface area contributed by atoms with Crippen molar-refractivity contribution < 1.29 is 19.1 Å². The first-order valence-electron chi connectivity index (χ1n) is 4.56. The van der Waals surface area contributed by atoms with Gasteiger partial charge < -0.3 is 19.2 Å². The lowest BCUT2D eigenvalue weighted by Gasteiger charge is -2.08. The standard InChI is InChI=1S/C9H14N2O4/c1-11(2)4-3-5-14-9-10-7(6-15-9)8(12)13/h6H,3-5H2,1-2H3,(H,12,13). The summed E-state index contributed by atoms with van der Waals surface area (Å²) in [6.45, 7) is 1.35. The quantitative estimate of drug-likeness (QED) is 0.702. The predicted molar refractivity (Wildman–Crippen MR) is 52.1 cm³/mol. The third-order valence-electron chi connectivity index (χ3n) is 1.68. The normalized spacial score (nSPS) is 10.6. The highest BCUT2D eigenvalue weighted by molar-refractivity contribution is 5.84. The molecule has 1 N–H and O–H groups in total. The number of oxazole rings is 1. The number of aromatic nitrogens is 1. The molecule has 0 radical (unpaired) electrons. The Labute approximate surface area is 87.5 Å². The van der Waals surface area contributed by atoms with E-state index < -0.39 is 5.97 Å². The minimum atomic E-state index is -1.12. The van der Waals surface area contributed by atoms with Crippen LogP contribution in [0, 0.1) is 0 Å². The molecule has 1 aromatic rings. The van der Waals surface area contributed by atoms with E-state index >= 15 is 0 Å². The van der Waals surface area contributed by atoms with E-state index in [0.717, 1.165) is 19.2 Å². The van der Waals surface area contributed by atoms with Gasteiger partial charge in [0, 0.05) is 6.54 Å². The van der Waals surface area contributed by atoms with E-state index in [-0.39, 0.29) is 11.8 Å². The van der Waals surface area contributed by atoms with Gasteiger partial charge in [-0.1, -0.05) is 0 Å². The summed E-state index contributed by atoms with van der Waals surface area (Å²) < 4.78 is 9.92. The molecule has 0 saturated heterocycles. The maximum Gasteiger partial charge on any atom is 0.394 e. The van der Waals surface area contributed by atoms with Crippen LogP contribution in [-0.2, 0) is 0 Å². The molecular weight excluding hydrogens is 200 g/mol. The number of nitrogens with zero attached hydrogens (tertiary/aromatic N) is 2. The third kappa shape index (κ3) is 3.99. The summed E-state index contributed by atoms with van der Waals surface area (Å²) in [5.74, 6) is -1.12. The molecule has 0 saturated carbocycles. The zero-order valence-corrected chi connectivity index (χ0v) is 8.77. The van der Waals surface area contributed by atoms with Crippen LogP contribution < -0.4 is 4.74 Å². The maximum atomic E-state index is 10.4. The number of hydrogen-bond acceptors (Lipinski definition) is 5. The molecular formula is C9H14N2O4. The number of ether oxygens (including phenoxy) is 1. The molecule has 0 aliphatic heterocycles. The number of rotatable bonds is 6. The monoisotopic (exact) mass is 214 g/mol. The van der Waals surface area contributed by atoms with Gasteiger partial charge in [0.25, 0.3) is 0 Å². The van der Waals surface area contributed by atoms with Crippen LogP contribution in [0.5, 0.6) is 6.08 Å². The SMILES string of the molecule is CN(C)CCCOc1nc(C(=O)O)co1. The first-order valence-corrected chi connectivity index (χ1v) is 4.56. The van der Waals surface area contributed by atoms with Crippen LogP contribution in [0.15, 0.2) is 10.7 Å². The molecule has 0 amide bonds. The van der Waals surface area contributed by atoms with Gasteiger partial charge in [-0.2, -0.15) is 4.98 Å². The van der Waals surface area contributed by atoms with E-state index in [0.29, 0.717) is 6.61 Å². The fourth-order valence-corrected chi connectivity index (χ4v) is 0.962. The molecule has 0 spiro atoms. The second-order valence-corrected chi connectivity index (χ2v) is 3.31. The number of carboxylic acids is 1. The maximum absolute atomic E-state index is 10.4.